The Labute approximate surface area is 154 Å². The topological polar surface area (TPSA) is 62.0 Å². The van der Waals surface area contributed by atoms with Crippen molar-refractivity contribution in [1.82, 2.24) is 4.98 Å². The zero-order valence-corrected chi connectivity index (χ0v) is 14.6. The number of fused-ring (bicyclic) bond motifs is 1. The van der Waals surface area contributed by atoms with E-state index in [1.165, 1.54) is 0 Å². The van der Waals surface area contributed by atoms with Crippen molar-refractivity contribution in [3.63, 3.8) is 0 Å². The zero-order valence-electron chi connectivity index (χ0n) is 13.8. The van der Waals surface area contributed by atoms with Crippen LogP contribution in [0, 0.1) is 0 Å². The van der Waals surface area contributed by atoms with Gasteiger partial charge in [-0.1, -0.05) is 72.0 Å². The van der Waals surface area contributed by atoms with Gasteiger partial charge in [-0.05, 0) is 24.3 Å². The van der Waals surface area contributed by atoms with Gasteiger partial charge >= 0.3 is 0 Å². The molecule has 0 saturated carbocycles. The van der Waals surface area contributed by atoms with Crippen LogP contribution >= 0.6 is 11.3 Å². The summed E-state index contributed by atoms with van der Waals surface area (Å²) in [5, 5.41) is 13.7. The number of nitrogens with one attached hydrogen (secondary N) is 1. The first kappa shape index (κ1) is 16.1. The monoisotopic (exact) mass is 357 g/mol. The maximum atomic E-state index is 4.52. The van der Waals surface area contributed by atoms with Crippen LogP contribution in [0.1, 0.15) is 5.56 Å². The molecule has 0 bridgehead atoms. The molecule has 0 aliphatic heterocycles. The fraction of sp³-hybridized carbons (Fsp3) is 0. The SMILES string of the molecule is c1ccc(/N=N/C(=N\Nc2nc3ccccc3s2)c2ccccc2)cc1. The molecule has 26 heavy (non-hydrogen) atoms. The summed E-state index contributed by atoms with van der Waals surface area (Å²) in [7, 11) is 0. The van der Waals surface area contributed by atoms with E-state index in [0.29, 0.717) is 5.84 Å². The lowest BCUT2D eigenvalue weighted by Gasteiger charge is -2.01. The number of azo groups is 1. The van der Waals surface area contributed by atoms with Crippen LogP contribution < -0.4 is 5.43 Å². The van der Waals surface area contributed by atoms with E-state index in [1.807, 2.05) is 84.9 Å². The number of nitrogens with zero attached hydrogens (tertiary/aromatic N) is 4. The molecule has 4 aromatic rings. The number of amidine groups is 1. The third-order valence-corrected chi connectivity index (χ3v) is 4.54. The summed E-state index contributed by atoms with van der Waals surface area (Å²) in [5.41, 5.74) is 5.61. The quantitative estimate of drug-likeness (QED) is 0.215. The number of hydrazone groups is 1. The highest BCUT2D eigenvalue weighted by Gasteiger charge is 2.05. The summed E-state index contributed by atoms with van der Waals surface area (Å²) >= 11 is 1.55. The van der Waals surface area contributed by atoms with Gasteiger partial charge in [0.05, 0.1) is 15.9 Å². The Morgan fingerprint density at radius 1 is 0.808 bits per heavy atom. The third-order valence-electron chi connectivity index (χ3n) is 3.60. The highest BCUT2D eigenvalue weighted by Crippen LogP contribution is 2.25. The summed E-state index contributed by atoms with van der Waals surface area (Å²) in [6.45, 7) is 0. The molecule has 6 heteroatoms. The summed E-state index contributed by atoms with van der Waals surface area (Å²) in [6, 6.07) is 27.3. The van der Waals surface area contributed by atoms with Gasteiger partial charge in [-0.15, -0.1) is 10.2 Å². The fourth-order valence-corrected chi connectivity index (χ4v) is 3.16. The van der Waals surface area contributed by atoms with E-state index < -0.39 is 0 Å². The molecule has 3 aromatic carbocycles. The molecule has 0 fully saturated rings. The van der Waals surface area contributed by atoms with E-state index >= 15 is 0 Å². The molecule has 0 spiro atoms. The Balaban J connectivity index is 1.63. The molecular weight excluding hydrogens is 342 g/mol. The average Bonchev–Trinajstić information content (AvgIpc) is 3.12. The van der Waals surface area contributed by atoms with Crippen LogP contribution in [0.3, 0.4) is 0 Å². The van der Waals surface area contributed by atoms with Crippen LogP contribution in [0.5, 0.6) is 0 Å². The Kier molecular flexibility index (Phi) is 4.75. The van der Waals surface area contributed by atoms with Gasteiger partial charge in [0, 0.05) is 5.56 Å². The van der Waals surface area contributed by atoms with Gasteiger partial charge < -0.3 is 0 Å². The van der Waals surface area contributed by atoms with Crippen LogP contribution in [0.2, 0.25) is 0 Å². The van der Waals surface area contributed by atoms with Crippen molar-refractivity contribution in [1.29, 1.82) is 0 Å². The Morgan fingerprint density at radius 2 is 1.50 bits per heavy atom. The summed E-state index contributed by atoms with van der Waals surface area (Å²) in [4.78, 5) is 4.52. The lowest BCUT2D eigenvalue weighted by atomic mass is 10.2. The van der Waals surface area contributed by atoms with Crippen molar-refractivity contribution >= 4 is 38.2 Å². The first-order valence-corrected chi connectivity index (χ1v) is 8.92. The van der Waals surface area contributed by atoms with Crippen LogP contribution in [0.4, 0.5) is 10.8 Å². The molecule has 1 heterocycles. The van der Waals surface area contributed by atoms with Crippen molar-refractivity contribution in [2.45, 2.75) is 0 Å². The first-order valence-electron chi connectivity index (χ1n) is 8.10. The Bertz CT molecular complexity index is 1020. The molecule has 4 rings (SSSR count). The normalized spacial score (nSPS) is 11.9. The Morgan fingerprint density at radius 3 is 2.27 bits per heavy atom. The standard InChI is InChI=1S/C20H15N5S/c1-3-9-15(10-4-1)19(23-22-16-11-5-2-6-12-16)24-25-20-21-17-13-7-8-14-18(17)26-20/h1-14H,(H,21,25)/b23-22+,24-19-. The lowest BCUT2D eigenvalue weighted by molar-refractivity contribution is 1.22. The van der Waals surface area contributed by atoms with Gasteiger partial charge in [-0.25, -0.2) is 4.98 Å². The first-order chi connectivity index (χ1) is 12.9. The zero-order chi connectivity index (χ0) is 17.6. The predicted molar refractivity (Wildman–Crippen MR) is 107 cm³/mol. The molecule has 126 valence electrons. The van der Waals surface area contributed by atoms with Gasteiger partial charge in [0.1, 0.15) is 0 Å². The molecular formula is C20H15N5S. The second-order valence-electron chi connectivity index (χ2n) is 5.44. The molecule has 0 aliphatic carbocycles. The number of anilines is 1. The number of benzene rings is 3. The highest BCUT2D eigenvalue weighted by atomic mass is 32.1. The second-order valence-corrected chi connectivity index (χ2v) is 6.47. The number of hydrogen-bond donors (Lipinski definition) is 1. The number of para-hydroxylation sites is 1. The summed E-state index contributed by atoms with van der Waals surface area (Å²) in [5.74, 6) is 0.494. The third kappa shape index (κ3) is 3.81. The van der Waals surface area contributed by atoms with E-state index in [4.69, 9.17) is 0 Å². The molecule has 0 aliphatic rings. The minimum absolute atomic E-state index is 0.494. The van der Waals surface area contributed by atoms with E-state index in [2.05, 4.69) is 25.7 Å². The minimum atomic E-state index is 0.494. The largest absolute Gasteiger partial charge is 0.250 e. The van der Waals surface area contributed by atoms with E-state index in [0.717, 1.165) is 26.6 Å². The van der Waals surface area contributed by atoms with Gasteiger partial charge in [-0.2, -0.15) is 5.10 Å². The molecule has 1 N–H and O–H groups in total. The summed E-state index contributed by atoms with van der Waals surface area (Å²) < 4.78 is 1.11. The van der Waals surface area contributed by atoms with Crippen molar-refractivity contribution in [3.05, 3.63) is 90.5 Å². The maximum absolute atomic E-state index is 4.52. The van der Waals surface area contributed by atoms with Crippen LogP contribution in [0.15, 0.2) is 100 Å². The van der Waals surface area contributed by atoms with Gasteiger partial charge in [0.2, 0.25) is 11.0 Å². The molecule has 0 saturated heterocycles. The lowest BCUT2D eigenvalue weighted by Crippen LogP contribution is -2.00. The van der Waals surface area contributed by atoms with Crippen LogP contribution in [-0.4, -0.2) is 10.8 Å². The molecule has 0 atom stereocenters. The maximum Gasteiger partial charge on any atom is 0.204 e. The minimum Gasteiger partial charge on any atom is -0.250 e. The number of aromatic nitrogens is 1. The highest BCUT2D eigenvalue weighted by molar-refractivity contribution is 7.22. The fourth-order valence-electron chi connectivity index (χ4n) is 2.35. The van der Waals surface area contributed by atoms with Crippen molar-refractivity contribution in [3.8, 4) is 0 Å². The molecule has 5 nitrogen and oxygen atoms in total. The summed E-state index contributed by atoms with van der Waals surface area (Å²) in [6.07, 6.45) is 0. The van der Waals surface area contributed by atoms with Gasteiger partial charge in [0.15, 0.2) is 0 Å². The van der Waals surface area contributed by atoms with E-state index in [9.17, 15) is 0 Å². The smallest absolute Gasteiger partial charge is 0.204 e. The van der Waals surface area contributed by atoms with Crippen molar-refractivity contribution in [2.75, 3.05) is 5.43 Å². The second kappa shape index (κ2) is 7.67. The van der Waals surface area contributed by atoms with Gasteiger partial charge in [-0.3, -0.25) is 5.43 Å². The van der Waals surface area contributed by atoms with E-state index in [1.54, 1.807) is 11.3 Å². The van der Waals surface area contributed by atoms with Crippen LogP contribution in [-0.2, 0) is 0 Å². The predicted octanol–water partition coefficient (Wildman–Crippen LogP) is 5.85. The molecule has 0 radical (unpaired) electrons. The number of hydrogen-bond acceptors (Lipinski definition) is 5. The average molecular weight is 357 g/mol. The van der Waals surface area contributed by atoms with Crippen molar-refractivity contribution in [2.24, 2.45) is 15.3 Å². The van der Waals surface area contributed by atoms with Gasteiger partial charge in [0.25, 0.3) is 0 Å². The van der Waals surface area contributed by atoms with Crippen molar-refractivity contribution < 1.29 is 0 Å². The Hall–Kier alpha value is -3.38. The molecule has 0 unspecified atom stereocenters. The van der Waals surface area contributed by atoms with E-state index in [-0.39, 0.29) is 0 Å². The molecule has 0 amide bonds. The number of rotatable bonds is 4. The van der Waals surface area contributed by atoms with Crippen LogP contribution in [0.25, 0.3) is 10.2 Å². The number of thiazole rings is 1. The molecule has 1 aromatic heterocycles.